The van der Waals surface area contributed by atoms with Crippen LogP contribution in [0.5, 0.6) is 0 Å². The average molecular weight is 527 g/mol. The molecule has 1 unspecified atom stereocenters. The van der Waals surface area contributed by atoms with E-state index in [1.807, 2.05) is 31.2 Å². The van der Waals surface area contributed by atoms with Crippen LogP contribution in [-0.4, -0.2) is 56.2 Å². The smallest absolute Gasteiger partial charge is 0.326 e. The largest absolute Gasteiger partial charge is 0.480 e. The van der Waals surface area contributed by atoms with E-state index in [4.69, 9.17) is 11.6 Å². The van der Waals surface area contributed by atoms with Gasteiger partial charge < -0.3 is 10.0 Å². The number of amides is 1. The standard InChI is InChI=1S/C27H27ClN2O5S/c1-17-19(9-6-11-24(17)29(2)36(3,34)35)18-13-14-21(22(16-18)20-8-4-5-10-23(20)28)26(31)30-15-7-12-25(30)27(32)33/h4-6,8-11,13-14,16,25H,7,12,15H2,1-3H3,(H,32,33). The number of anilines is 1. The summed E-state index contributed by atoms with van der Waals surface area (Å²) >= 11 is 6.53. The highest BCUT2D eigenvalue weighted by Crippen LogP contribution is 2.38. The van der Waals surface area contributed by atoms with Gasteiger partial charge in [0.2, 0.25) is 10.0 Å². The molecule has 0 saturated carbocycles. The first kappa shape index (κ1) is 25.7. The van der Waals surface area contributed by atoms with E-state index in [9.17, 15) is 23.1 Å². The molecule has 0 spiro atoms. The Morgan fingerprint density at radius 2 is 1.72 bits per heavy atom. The van der Waals surface area contributed by atoms with E-state index in [-0.39, 0.29) is 5.91 Å². The van der Waals surface area contributed by atoms with Gasteiger partial charge in [-0.2, -0.15) is 0 Å². The second-order valence-electron chi connectivity index (χ2n) is 8.92. The third-order valence-electron chi connectivity index (χ3n) is 6.67. The Morgan fingerprint density at radius 1 is 1.03 bits per heavy atom. The van der Waals surface area contributed by atoms with Crippen LogP contribution in [0.4, 0.5) is 5.69 Å². The van der Waals surface area contributed by atoms with Gasteiger partial charge in [-0.05, 0) is 66.3 Å². The normalized spacial score (nSPS) is 15.7. The van der Waals surface area contributed by atoms with Gasteiger partial charge in [0, 0.05) is 29.7 Å². The van der Waals surface area contributed by atoms with Gasteiger partial charge in [0.05, 0.1) is 11.9 Å². The average Bonchev–Trinajstić information content (AvgIpc) is 3.33. The van der Waals surface area contributed by atoms with E-state index < -0.39 is 22.0 Å². The number of hydrogen-bond donors (Lipinski definition) is 1. The van der Waals surface area contributed by atoms with Crippen molar-refractivity contribution < 1.29 is 23.1 Å². The highest BCUT2D eigenvalue weighted by molar-refractivity contribution is 7.92. The molecule has 1 N–H and O–H groups in total. The predicted molar refractivity (Wildman–Crippen MR) is 142 cm³/mol. The van der Waals surface area contributed by atoms with Gasteiger partial charge in [-0.15, -0.1) is 0 Å². The molecule has 36 heavy (non-hydrogen) atoms. The lowest BCUT2D eigenvalue weighted by Crippen LogP contribution is -2.40. The monoisotopic (exact) mass is 526 g/mol. The number of halogens is 1. The molecule has 1 heterocycles. The number of sulfonamides is 1. The van der Waals surface area contributed by atoms with Crippen LogP contribution in [0.3, 0.4) is 0 Å². The predicted octanol–water partition coefficient (Wildman–Crippen LogP) is 5.07. The molecule has 1 atom stereocenters. The van der Waals surface area contributed by atoms with Gasteiger partial charge >= 0.3 is 5.97 Å². The fourth-order valence-corrected chi connectivity index (χ4v) is 5.47. The van der Waals surface area contributed by atoms with E-state index in [1.165, 1.54) is 16.3 Å². The van der Waals surface area contributed by atoms with Gasteiger partial charge in [0.25, 0.3) is 5.91 Å². The van der Waals surface area contributed by atoms with Crippen molar-refractivity contribution >= 4 is 39.2 Å². The van der Waals surface area contributed by atoms with Crippen LogP contribution in [0.1, 0.15) is 28.8 Å². The fraction of sp³-hybridized carbons (Fsp3) is 0.259. The van der Waals surface area contributed by atoms with Gasteiger partial charge in [-0.3, -0.25) is 9.10 Å². The van der Waals surface area contributed by atoms with Crippen molar-refractivity contribution in [3.8, 4) is 22.3 Å². The highest BCUT2D eigenvalue weighted by atomic mass is 35.5. The Labute approximate surface area is 216 Å². The van der Waals surface area contributed by atoms with Crippen molar-refractivity contribution in [1.29, 1.82) is 0 Å². The first-order chi connectivity index (χ1) is 17.0. The minimum absolute atomic E-state index is 0.358. The second-order valence-corrected chi connectivity index (χ2v) is 11.3. The summed E-state index contributed by atoms with van der Waals surface area (Å²) in [6, 6.07) is 17.1. The summed E-state index contributed by atoms with van der Waals surface area (Å²) in [6.45, 7) is 2.22. The lowest BCUT2D eigenvalue weighted by molar-refractivity contribution is -0.141. The zero-order valence-electron chi connectivity index (χ0n) is 20.2. The second kappa shape index (κ2) is 9.95. The lowest BCUT2D eigenvalue weighted by Gasteiger charge is -2.24. The van der Waals surface area contributed by atoms with Crippen LogP contribution in [-0.2, 0) is 14.8 Å². The number of benzene rings is 3. The lowest BCUT2D eigenvalue weighted by atomic mass is 9.91. The Kier molecular flexibility index (Phi) is 7.11. The Bertz CT molecular complexity index is 1450. The minimum atomic E-state index is -3.46. The van der Waals surface area contributed by atoms with E-state index in [0.29, 0.717) is 46.8 Å². The molecule has 9 heteroatoms. The Hall–Kier alpha value is -3.36. The fourth-order valence-electron chi connectivity index (χ4n) is 4.68. The van der Waals surface area contributed by atoms with Crippen LogP contribution in [0.25, 0.3) is 22.3 Å². The summed E-state index contributed by atoms with van der Waals surface area (Å²) in [5.41, 5.74) is 4.50. The van der Waals surface area contributed by atoms with Crippen molar-refractivity contribution in [3.63, 3.8) is 0 Å². The molecule has 0 aliphatic carbocycles. The van der Waals surface area contributed by atoms with E-state index in [0.717, 1.165) is 22.9 Å². The van der Waals surface area contributed by atoms with Gasteiger partial charge in [0.1, 0.15) is 6.04 Å². The molecule has 1 aliphatic heterocycles. The Balaban J connectivity index is 1.88. The summed E-state index contributed by atoms with van der Waals surface area (Å²) in [5, 5.41) is 10.1. The number of carbonyl (C=O) groups is 2. The number of carboxylic acids is 1. The molecule has 4 rings (SSSR count). The summed E-state index contributed by atoms with van der Waals surface area (Å²) in [6.07, 6.45) is 2.19. The third kappa shape index (κ3) is 4.83. The number of aliphatic carboxylic acids is 1. The summed E-state index contributed by atoms with van der Waals surface area (Å²) in [5.74, 6) is -1.37. The van der Waals surface area contributed by atoms with Gasteiger partial charge in [-0.25, -0.2) is 13.2 Å². The number of carbonyl (C=O) groups excluding carboxylic acids is 1. The molecule has 0 bridgehead atoms. The highest BCUT2D eigenvalue weighted by Gasteiger charge is 2.35. The van der Waals surface area contributed by atoms with Gasteiger partial charge in [0.15, 0.2) is 0 Å². The maximum Gasteiger partial charge on any atom is 0.326 e. The molecule has 7 nitrogen and oxygen atoms in total. The molecule has 3 aromatic rings. The van der Waals surface area contributed by atoms with Crippen LogP contribution in [0.2, 0.25) is 5.02 Å². The third-order valence-corrected chi connectivity index (χ3v) is 8.19. The first-order valence-corrected chi connectivity index (χ1v) is 13.7. The van der Waals surface area contributed by atoms with Crippen LogP contribution < -0.4 is 4.31 Å². The molecule has 0 aromatic heterocycles. The zero-order valence-corrected chi connectivity index (χ0v) is 21.8. The maximum absolute atomic E-state index is 13.6. The summed E-state index contributed by atoms with van der Waals surface area (Å²) in [7, 11) is -1.95. The van der Waals surface area contributed by atoms with E-state index in [1.54, 1.807) is 36.4 Å². The van der Waals surface area contributed by atoms with Crippen molar-refractivity contribution in [2.45, 2.75) is 25.8 Å². The van der Waals surface area contributed by atoms with Crippen molar-refractivity contribution in [2.75, 3.05) is 24.2 Å². The maximum atomic E-state index is 13.6. The van der Waals surface area contributed by atoms with Crippen LogP contribution >= 0.6 is 11.6 Å². The van der Waals surface area contributed by atoms with Crippen molar-refractivity contribution in [2.24, 2.45) is 0 Å². The molecular weight excluding hydrogens is 500 g/mol. The number of hydrogen-bond acceptors (Lipinski definition) is 4. The van der Waals surface area contributed by atoms with E-state index >= 15 is 0 Å². The molecule has 1 amide bonds. The van der Waals surface area contributed by atoms with Crippen molar-refractivity contribution in [3.05, 3.63) is 76.8 Å². The number of rotatable bonds is 6. The van der Waals surface area contributed by atoms with Gasteiger partial charge in [-0.1, -0.05) is 48.0 Å². The molecule has 1 aliphatic rings. The SMILES string of the molecule is Cc1c(-c2ccc(C(=O)N3CCCC3C(=O)O)c(-c3ccccc3Cl)c2)cccc1N(C)S(C)(=O)=O. The quantitative estimate of drug-likeness (QED) is 0.484. The Morgan fingerprint density at radius 3 is 2.39 bits per heavy atom. The topological polar surface area (TPSA) is 95.0 Å². The van der Waals surface area contributed by atoms with E-state index in [2.05, 4.69) is 0 Å². The van der Waals surface area contributed by atoms with Crippen LogP contribution in [0, 0.1) is 6.92 Å². The molecule has 3 aromatic carbocycles. The number of carboxylic acid groups (broad SMARTS) is 1. The number of likely N-dealkylation sites (tertiary alicyclic amines) is 1. The van der Waals surface area contributed by atoms with Crippen molar-refractivity contribution in [1.82, 2.24) is 4.90 Å². The molecule has 188 valence electrons. The molecule has 0 radical (unpaired) electrons. The molecule has 1 fully saturated rings. The molecule has 1 saturated heterocycles. The van der Waals surface area contributed by atoms with Crippen LogP contribution in [0.15, 0.2) is 60.7 Å². The summed E-state index contributed by atoms with van der Waals surface area (Å²) in [4.78, 5) is 26.7. The number of nitrogens with zero attached hydrogens (tertiary/aromatic N) is 2. The minimum Gasteiger partial charge on any atom is -0.480 e. The summed E-state index contributed by atoms with van der Waals surface area (Å²) < 4.78 is 25.5. The molecular formula is C27H27ClN2O5S. The first-order valence-electron chi connectivity index (χ1n) is 11.5. The zero-order chi connectivity index (χ0) is 26.2.